The first kappa shape index (κ1) is 22.5. The second kappa shape index (κ2) is 9.84. The van der Waals surface area contributed by atoms with Gasteiger partial charge in [-0.25, -0.2) is 4.39 Å². The van der Waals surface area contributed by atoms with Crippen molar-refractivity contribution < 1.29 is 19.1 Å². The third-order valence-corrected chi connectivity index (χ3v) is 7.35. The van der Waals surface area contributed by atoms with Crippen molar-refractivity contribution in [2.45, 2.75) is 43.4 Å². The number of rotatable bonds is 7. The van der Waals surface area contributed by atoms with E-state index in [4.69, 9.17) is 17.7 Å². The smallest absolute Gasteiger partial charge is 0.317 e. The van der Waals surface area contributed by atoms with Crippen LogP contribution < -0.4 is 0 Å². The highest BCUT2D eigenvalue weighted by Crippen LogP contribution is 2.39. The molecule has 0 spiro atoms. The van der Waals surface area contributed by atoms with E-state index in [2.05, 4.69) is 11.0 Å². The first-order valence-electron chi connectivity index (χ1n) is 11.3. The highest BCUT2D eigenvalue weighted by atomic mass is 32.1. The van der Waals surface area contributed by atoms with E-state index in [1.165, 1.54) is 11.6 Å². The van der Waals surface area contributed by atoms with Crippen molar-refractivity contribution in [3.8, 4) is 0 Å². The zero-order chi connectivity index (χ0) is 22.0. The van der Waals surface area contributed by atoms with Gasteiger partial charge < -0.3 is 5.11 Å². The monoisotopic (exact) mass is 446 g/mol. The minimum absolute atomic E-state index is 0.0596. The zero-order valence-corrected chi connectivity index (χ0v) is 18.6. The molecule has 7 heteroatoms. The molecule has 2 heterocycles. The molecule has 2 unspecified atom stereocenters. The molecule has 3 fully saturated rings. The number of allylic oxidation sites excluding steroid dienone is 1. The number of thiol groups is 1. The summed E-state index contributed by atoms with van der Waals surface area (Å²) in [7, 11) is 0. The Balaban J connectivity index is 1.49. The van der Waals surface area contributed by atoms with E-state index in [1.54, 1.807) is 18.2 Å². The number of aliphatic carboxylic acids is 1. The fraction of sp³-hybridized carbons (Fsp3) is 0.583. The molecule has 0 amide bonds. The van der Waals surface area contributed by atoms with E-state index >= 15 is 0 Å². The lowest BCUT2D eigenvalue weighted by Crippen LogP contribution is -2.43. The number of ketones is 1. The summed E-state index contributed by atoms with van der Waals surface area (Å²) < 4.78 is 14.7. The van der Waals surface area contributed by atoms with Gasteiger partial charge in [-0.2, -0.15) is 12.6 Å². The fourth-order valence-corrected chi connectivity index (χ4v) is 5.15. The molecular weight excluding hydrogens is 415 g/mol. The van der Waals surface area contributed by atoms with E-state index in [0.717, 1.165) is 51.7 Å². The van der Waals surface area contributed by atoms with Gasteiger partial charge in [0.05, 0.1) is 12.6 Å². The van der Waals surface area contributed by atoms with Crippen molar-refractivity contribution in [1.29, 1.82) is 0 Å². The number of carbonyl (C=O) groups is 2. The van der Waals surface area contributed by atoms with E-state index in [9.17, 15) is 14.0 Å². The average Bonchev–Trinajstić information content (AvgIpc) is 3.58. The lowest BCUT2D eigenvalue weighted by Gasteiger charge is -2.38. The van der Waals surface area contributed by atoms with Gasteiger partial charge in [-0.3, -0.25) is 19.4 Å². The van der Waals surface area contributed by atoms with Crippen molar-refractivity contribution in [2.24, 2.45) is 11.8 Å². The zero-order valence-electron chi connectivity index (χ0n) is 17.8. The van der Waals surface area contributed by atoms with Gasteiger partial charge in [0.1, 0.15) is 5.82 Å². The summed E-state index contributed by atoms with van der Waals surface area (Å²) in [6.45, 7) is 3.00. The first-order valence-corrected chi connectivity index (χ1v) is 11.8. The molecule has 1 aromatic carbocycles. The predicted octanol–water partition coefficient (Wildman–Crippen LogP) is 3.57. The molecule has 3 aliphatic rings. The van der Waals surface area contributed by atoms with Gasteiger partial charge in [-0.1, -0.05) is 24.3 Å². The van der Waals surface area contributed by atoms with Crippen molar-refractivity contribution >= 4 is 24.4 Å². The predicted molar refractivity (Wildman–Crippen MR) is 121 cm³/mol. The molecule has 0 aromatic heterocycles. The average molecular weight is 447 g/mol. The number of hydrogen-bond donors (Lipinski definition) is 2. The van der Waals surface area contributed by atoms with Crippen molar-refractivity contribution in [2.75, 3.05) is 32.7 Å². The van der Waals surface area contributed by atoms with Crippen LogP contribution in [0.1, 0.15) is 43.7 Å². The number of carboxylic acid groups (broad SMARTS) is 1. The van der Waals surface area contributed by atoms with Gasteiger partial charge in [0.25, 0.3) is 0 Å². The largest absolute Gasteiger partial charge is 0.480 e. The van der Waals surface area contributed by atoms with Gasteiger partial charge in [0.2, 0.25) is 0 Å². The second-order valence-electron chi connectivity index (χ2n) is 9.12. The highest BCUT2D eigenvalue weighted by Gasteiger charge is 2.41. The Labute approximate surface area is 188 Å². The minimum atomic E-state index is -0.783. The van der Waals surface area contributed by atoms with E-state index in [1.807, 2.05) is 4.90 Å². The number of carboxylic acids is 1. The van der Waals surface area contributed by atoms with E-state index in [0.29, 0.717) is 18.0 Å². The maximum atomic E-state index is 14.7. The van der Waals surface area contributed by atoms with Crippen molar-refractivity contribution in [3.05, 3.63) is 47.3 Å². The molecule has 4 rings (SSSR count). The Morgan fingerprint density at radius 2 is 1.84 bits per heavy atom. The maximum Gasteiger partial charge on any atom is 0.317 e. The summed E-state index contributed by atoms with van der Waals surface area (Å²) in [5, 5.41) is 9.13. The molecule has 0 bridgehead atoms. The first-order chi connectivity index (χ1) is 14.9. The van der Waals surface area contributed by atoms with Crippen LogP contribution in [0.3, 0.4) is 0 Å². The Kier molecular flexibility index (Phi) is 7.14. The second-order valence-corrected chi connectivity index (χ2v) is 9.75. The van der Waals surface area contributed by atoms with Crippen LogP contribution in [0.15, 0.2) is 35.9 Å². The molecular formula is C24H31FN2O3S. The summed E-state index contributed by atoms with van der Waals surface area (Å²) in [6.07, 6.45) is 6.79. The quantitative estimate of drug-likeness (QED) is 0.495. The van der Waals surface area contributed by atoms with Gasteiger partial charge in [0.15, 0.2) is 5.78 Å². The Hall–Kier alpha value is -1.70. The van der Waals surface area contributed by atoms with Gasteiger partial charge in [0, 0.05) is 29.8 Å². The van der Waals surface area contributed by atoms with Crippen LogP contribution in [-0.2, 0) is 9.59 Å². The molecule has 1 saturated carbocycles. The van der Waals surface area contributed by atoms with Crippen LogP contribution in [0.2, 0.25) is 0 Å². The molecule has 1 aliphatic carbocycles. The third-order valence-electron chi connectivity index (χ3n) is 6.76. The van der Waals surface area contributed by atoms with Crippen LogP contribution in [-0.4, -0.2) is 64.6 Å². The van der Waals surface area contributed by atoms with Crippen molar-refractivity contribution in [1.82, 2.24) is 9.80 Å². The normalized spacial score (nSPS) is 26.1. The minimum Gasteiger partial charge on any atom is -0.480 e. The molecule has 2 aliphatic heterocycles. The maximum absolute atomic E-state index is 14.7. The number of likely N-dealkylation sites (tertiary alicyclic amines) is 2. The molecule has 2 atom stereocenters. The summed E-state index contributed by atoms with van der Waals surface area (Å²) >= 11 is 4.80. The number of nitrogens with zero attached hydrogens (tertiary/aromatic N) is 2. The topological polar surface area (TPSA) is 60.9 Å². The molecule has 31 heavy (non-hydrogen) atoms. The van der Waals surface area contributed by atoms with Gasteiger partial charge >= 0.3 is 5.97 Å². The summed E-state index contributed by atoms with van der Waals surface area (Å²) in [4.78, 5) is 28.2. The molecule has 5 nitrogen and oxygen atoms in total. The highest BCUT2D eigenvalue weighted by molar-refractivity contribution is 7.81. The lowest BCUT2D eigenvalue weighted by atomic mass is 9.89. The van der Waals surface area contributed by atoms with Crippen LogP contribution in [0.25, 0.3) is 0 Å². The van der Waals surface area contributed by atoms with E-state index in [-0.39, 0.29) is 29.3 Å². The lowest BCUT2D eigenvalue weighted by molar-refractivity contribution is -0.138. The number of Topliss-reactive ketones (excluding diaryl/α,β-unsaturated/α-hetero) is 1. The van der Waals surface area contributed by atoms with Crippen LogP contribution in [0.4, 0.5) is 4.39 Å². The van der Waals surface area contributed by atoms with Crippen molar-refractivity contribution in [3.63, 3.8) is 0 Å². The number of piperidine rings is 2. The standard InChI is InChI=1S/C24H31FN2O3S/c25-20-4-2-1-3-19(20)23(24(30)17-5-6-17)27-12-9-21(31)18(14-27)13-16-7-10-26(11-8-16)15-22(28)29/h1-4,13,16-17,21,23,31H,5-12,14-15H2,(H,28,29). The molecule has 0 radical (unpaired) electrons. The van der Waals surface area contributed by atoms with Crippen LogP contribution >= 0.6 is 12.6 Å². The molecule has 2 saturated heterocycles. The number of carbonyl (C=O) groups excluding carboxylic acids is 1. The Morgan fingerprint density at radius 3 is 2.48 bits per heavy atom. The fourth-order valence-electron chi connectivity index (χ4n) is 4.87. The summed E-state index contributed by atoms with van der Waals surface area (Å²) in [5.74, 6) is -0.505. The van der Waals surface area contributed by atoms with Gasteiger partial charge in [-0.05, 0) is 62.8 Å². The Morgan fingerprint density at radius 1 is 1.13 bits per heavy atom. The van der Waals surface area contributed by atoms with Gasteiger partial charge in [-0.15, -0.1) is 0 Å². The van der Waals surface area contributed by atoms with E-state index < -0.39 is 12.0 Å². The molecule has 168 valence electrons. The summed E-state index contributed by atoms with van der Waals surface area (Å²) in [5.41, 5.74) is 1.69. The molecule has 1 aromatic rings. The number of halogens is 1. The van der Waals surface area contributed by atoms with Crippen LogP contribution in [0.5, 0.6) is 0 Å². The third kappa shape index (κ3) is 5.57. The molecule has 1 N–H and O–H groups in total. The SMILES string of the molecule is O=C(O)CN1CCC(C=C2CN(C(C(=O)C3CC3)c3ccccc3F)CCC2S)CC1. The number of hydrogen-bond acceptors (Lipinski definition) is 5. The van der Waals surface area contributed by atoms with Crippen LogP contribution in [0, 0.1) is 17.7 Å². The number of benzene rings is 1. The Bertz CT molecular complexity index is 849. The summed E-state index contributed by atoms with van der Waals surface area (Å²) in [6, 6.07) is 6.12.